The van der Waals surface area contributed by atoms with Crippen molar-refractivity contribution in [3.63, 3.8) is 0 Å². The molecule has 20 heavy (non-hydrogen) atoms. The second-order valence-electron chi connectivity index (χ2n) is 4.24. The molecular weight excluding hydrogens is 295 g/mol. The smallest absolute Gasteiger partial charge is 0.267 e. The molecule has 0 unspecified atom stereocenters. The number of carbonyl (C=O) groups excluding carboxylic acids is 1. The minimum atomic E-state index is -0.340. The number of nitrogens with zero attached hydrogens (tertiary/aromatic N) is 1. The molecule has 102 valence electrons. The van der Waals surface area contributed by atoms with Crippen LogP contribution in [0.3, 0.4) is 0 Å². The Kier molecular flexibility index (Phi) is 4.77. The van der Waals surface area contributed by atoms with Gasteiger partial charge in [-0.15, -0.1) is 0 Å². The van der Waals surface area contributed by atoms with Crippen LogP contribution in [0, 0.1) is 6.92 Å². The highest BCUT2D eigenvalue weighted by molar-refractivity contribution is 6.42. The van der Waals surface area contributed by atoms with Crippen LogP contribution in [0.4, 0.5) is 0 Å². The Labute approximate surface area is 127 Å². The number of amides is 1. The number of rotatable bonds is 3. The van der Waals surface area contributed by atoms with Crippen LogP contribution in [0.2, 0.25) is 10.0 Å². The minimum Gasteiger partial charge on any atom is -0.267 e. The van der Waals surface area contributed by atoms with Crippen LogP contribution in [0.1, 0.15) is 21.5 Å². The normalized spacial score (nSPS) is 10.8. The van der Waals surface area contributed by atoms with Crippen molar-refractivity contribution in [3.05, 3.63) is 69.2 Å². The largest absolute Gasteiger partial charge is 0.271 e. The van der Waals surface area contributed by atoms with E-state index in [1.54, 1.807) is 18.3 Å². The highest BCUT2D eigenvalue weighted by Crippen LogP contribution is 2.22. The predicted octanol–water partition coefficient (Wildman–Crippen LogP) is 4.07. The first kappa shape index (κ1) is 14.6. The van der Waals surface area contributed by atoms with Crippen LogP contribution in [0.15, 0.2) is 47.6 Å². The van der Waals surface area contributed by atoms with Crippen molar-refractivity contribution in [2.45, 2.75) is 6.92 Å². The molecule has 0 aliphatic carbocycles. The molecule has 0 saturated carbocycles. The van der Waals surface area contributed by atoms with Gasteiger partial charge in [0.25, 0.3) is 5.91 Å². The Bertz CT molecular complexity index is 669. The van der Waals surface area contributed by atoms with E-state index in [9.17, 15) is 4.79 Å². The molecule has 2 rings (SSSR count). The van der Waals surface area contributed by atoms with Gasteiger partial charge in [0.05, 0.1) is 16.3 Å². The molecule has 0 spiro atoms. The SMILES string of the molecule is Cc1cccc(/C=N/NC(=O)c2ccc(Cl)c(Cl)c2)c1. The Morgan fingerprint density at radius 1 is 1.15 bits per heavy atom. The van der Waals surface area contributed by atoms with E-state index in [1.165, 1.54) is 6.07 Å². The fourth-order valence-corrected chi connectivity index (χ4v) is 1.92. The molecule has 1 N–H and O–H groups in total. The zero-order valence-corrected chi connectivity index (χ0v) is 12.2. The first-order chi connectivity index (χ1) is 9.56. The number of hydrazone groups is 1. The number of hydrogen-bond acceptors (Lipinski definition) is 2. The first-order valence-corrected chi connectivity index (χ1v) is 6.67. The molecule has 0 fully saturated rings. The highest BCUT2D eigenvalue weighted by Gasteiger charge is 2.06. The summed E-state index contributed by atoms with van der Waals surface area (Å²) in [6, 6.07) is 12.5. The van der Waals surface area contributed by atoms with E-state index in [1.807, 2.05) is 31.2 Å². The van der Waals surface area contributed by atoms with Gasteiger partial charge < -0.3 is 0 Å². The second kappa shape index (κ2) is 6.55. The molecule has 0 aliphatic rings. The van der Waals surface area contributed by atoms with Crippen molar-refractivity contribution in [1.29, 1.82) is 0 Å². The lowest BCUT2D eigenvalue weighted by Crippen LogP contribution is -2.17. The van der Waals surface area contributed by atoms with Gasteiger partial charge in [-0.2, -0.15) is 5.10 Å². The third kappa shape index (κ3) is 3.83. The fourth-order valence-electron chi connectivity index (χ4n) is 1.62. The van der Waals surface area contributed by atoms with Crippen LogP contribution in [0.25, 0.3) is 0 Å². The summed E-state index contributed by atoms with van der Waals surface area (Å²) in [5, 5.41) is 4.65. The van der Waals surface area contributed by atoms with Crippen LogP contribution in [0.5, 0.6) is 0 Å². The zero-order chi connectivity index (χ0) is 14.5. The molecule has 0 saturated heterocycles. The summed E-state index contributed by atoms with van der Waals surface area (Å²) in [7, 11) is 0. The summed E-state index contributed by atoms with van der Waals surface area (Å²) >= 11 is 11.6. The second-order valence-corrected chi connectivity index (χ2v) is 5.06. The molecule has 0 aromatic heterocycles. The lowest BCUT2D eigenvalue weighted by Gasteiger charge is -2.01. The number of benzene rings is 2. The quantitative estimate of drug-likeness (QED) is 0.674. The number of nitrogens with one attached hydrogen (secondary N) is 1. The number of hydrogen-bond donors (Lipinski definition) is 1. The molecule has 3 nitrogen and oxygen atoms in total. The van der Waals surface area contributed by atoms with Crippen LogP contribution < -0.4 is 5.43 Å². The van der Waals surface area contributed by atoms with E-state index in [-0.39, 0.29) is 5.91 Å². The van der Waals surface area contributed by atoms with Crippen LogP contribution >= 0.6 is 23.2 Å². The Hall–Kier alpha value is -1.84. The number of carbonyl (C=O) groups is 1. The highest BCUT2D eigenvalue weighted by atomic mass is 35.5. The molecule has 2 aromatic carbocycles. The maximum absolute atomic E-state index is 11.8. The monoisotopic (exact) mass is 306 g/mol. The summed E-state index contributed by atoms with van der Waals surface area (Å²) in [6.45, 7) is 1.99. The molecule has 0 bridgehead atoms. The van der Waals surface area contributed by atoms with E-state index in [0.29, 0.717) is 15.6 Å². The molecule has 0 radical (unpaired) electrons. The predicted molar refractivity (Wildman–Crippen MR) is 82.7 cm³/mol. The van der Waals surface area contributed by atoms with Gasteiger partial charge in [-0.05, 0) is 30.7 Å². The molecule has 0 atom stereocenters. The number of halogens is 2. The van der Waals surface area contributed by atoms with Crippen molar-refractivity contribution in [2.75, 3.05) is 0 Å². The summed E-state index contributed by atoms with van der Waals surface area (Å²) in [5.74, 6) is -0.340. The third-order valence-corrected chi connectivity index (χ3v) is 3.34. The molecule has 5 heteroatoms. The molecule has 0 heterocycles. The third-order valence-electron chi connectivity index (χ3n) is 2.60. The van der Waals surface area contributed by atoms with E-state index in [4.69, 9.17) is 23.2 Å². The lowest BCUT2D eigenvalue weighted by molar-refractivity contribution is 0.0955. The summed E-state index contributed by atoms with van der Waals surface area (Å²) in [5.41, 5.74) is 4.89. The summed E-state index contributed by atoms with van der Waals surface area (Å²) < 4.78 is 0. The van der Waals surface area contributed by atoms with E-state index < -0.39 is 0 Å². The van der Waals surface area contributed by atoms with Gasteiger partial charge in [-0.1, -0.05) is 53.0 Å². The van der Waals surface area contributed by atoms with Gasteiger partial charge in [0.15, 0.2) is 0 Å². The maximum Gasteiger partial charge on any atom is 0.271 e. The van der Waals surface area contributed by atoms with Gasteiger partial charge >= 0.3 is 0 Å². The lowest BCUT2D eigenvalue weighted by atomic mass is 10.2. The summed E-state index contributed by atoms with van der Waals surface area (Å²) in [6.07, 6.45) is 1.59. The van der Waals surface area contributed by atoms with E-state index in [2.05, 4.69) is 10.5 Å². The van der Waals surface area contributed by atoms with Gasteiger partial charge in [0.1, 0.15) is 0 Å². The van der Waals surface area contributed by atoms with Gasteiger partial charge in [0, 0.05) is 5.56 Å². The van der Waals surface area contributed by atoms with E-state index >= 15 is 0 Å². The molecule has 0 aliphatic heterocycles. The van der Waals surface area contributed by atoms with Crippen molar-refractivity contribution in [3.8, 4) is 0 Å². The molecule has 2 aromatic rings. The standard InChI is InChI=1S/C15H12Cl2N2O/c1-10-3-2-4-11(7-10)9-18-19-15(20)12-5-6-13(16)14(17)8-12/h2-9H,1H3,(H,19,20)/b18-9+. The number of aryl methyl sites for hydroxylation is 1. The Morgan fingerprint density at radius 3 is 2.65 bits per heavy atom. The van der Waals surface area contributed by atoms with Crippen molar-refractivity contribution in [1.82, 2.24) is 5.43 Å². The summed E-state index contributed by atoms with van der Waals surface area (Å²) in [4.78, 5) is 11.8. The zero-order valence-electron chi connectivity index (χ0n) is 10.7. The molecule has 1 amide bonds. The van der Waals surface area contributed by atoms with Gasteiger partial charge in [-0.3, -0.25) is 4.79 Å². The van der Waals surface area contributed by atoms with Crippen molar-refractivity contribution in [2.24, 2.45) is 5.10 Å². The first-order valence-electron chi connectivity index (χ1n) is 5.91. The Morgan fingerprint density at radius 2 is 1.95 bits per heavy atom. The van der Waals surface area contributed by atoms with Gasteiger partial charge in [0.2, 0.25) is 0 Å². The maximum atomic E-state index is 11.8. The molecular formula is C15H12Cl2N2O. The van der Waals surface area contributed by atoms with Crippen molar-refractivity contribution < 1.29 is 4.79 Å². The fraction of sp³-hybridized carbons (Fsp3) is 0.0667. The average molecular weight is 307 g/mol. The average Bonchev–Trinajstić information content (AvgIpc) is 2.42. The minimum absolute atomic E-state index is 0.335. The van der Waals surface area contributed by atoms with Gasteiger partial charge in [-0.25, -0.2) is 5.43 Å². The topological polar surface area (TPSA) is 41.5 Å². The van der Waals surface area contributed by atoms with Crippen LogP contribution in [-0.2, 0) is 0 Å². The van der Waals surface area contributed by atoms with Crippen molar-refractivity contribution >= 4 is 35.3 Å². The van der Waals surface area contributed by atoms with Crippen LogP contribution in [-0.4, -0.2) is 12.1 Å². The van der Waals surface area contributed by atoms with E-state index in [0.717, 1.165) is 11.1 Å². The Balaban J connectivity index is 2.03.